The maximum absolute atomic E-state index is 12.6. The van der Waals surface area contributed by atoms with Gasteiger partial charge in [-0.15, -0.1) is 0 Å². The van der Waals surface area contributed by atoms with Crippen molar-refractivity contribution in [1.29, 1.82) is 0 Å². The molecule has 1 unspecified atom stereocenters. The Labute approximate surface area is 122 Å². The normalized spacial score (nSPS) is 15.8. The van der Waals surface area contributed by atoms with Gasteiger partial charge in [0.15, 0.2) is 5.78 Å². The maximum atomic E-state index is 12.6. The van der Waals surface area contributed by atoms with Gasteiger partial charge in [0.05, 0.1) is 12.5 Å². The van der Waals surface area contributed by atoms with Gasteiger partial charge in [0, 0.05) is 11.6 Å². The van der Waals surface area contributed by atoms with E-state index in [-0.39, 0.29) is 12.2 Å². The number of rotatable bonds is 6. The fourth-order valence-corrected chi connectivity index (χ4v) is 2.48. The average molecular weight is 283 g/mol. The lowest BCUT2D eigenvalue weighted by atomic mass is 9.98. The molecule has 108 valence electrons. The Kier molecular flexibility index (Phi) is 3.71. The van der Waals surface area contributed by atoms with Crippen LogP contribution in [0.5, 0.6) is 0 Å². The first-order valence-corrected chi connectivity index (χ1v) is 7.14. The van der Waals surface area contributed by atoms with E-state index in [2.05, 4.69) is 5.32 Å². The van der Waals surface area contributed by atoms with E-state index in [4.69, 9.17) is 5.11 Å². The third-order valence-electron chi connectivity index (χ3n) is 3.74. The van der Waals surface area contributed by atoms with Crippen LogP contribution in [0.25, 0.3) is 10.8 Å². The number of hydrogen-bond acceptors (Lipinski definition) is 3. The average Bonchev–Trinajstić information content (AvgIpc) is 3.29. The van der Waals surface area contributed by atoms with Gasteiger partial charge in [-0.05, 0) is 29.7 Å². The molecule has 0 aliphatic heterocycles. The number of hydrogen-bond donors (Lipinski definition) is 2. The molecule has 21 heavy (non-hydrogen) atoms. The van der Waals surface area contributed by atoms with Crippen molar-refractivity contribution in [3.05, 3.63) is 48.0 Å². The van der Waals surface area contributed by atoms with Gasteiger partial charge in [-0.25, -0.2) is 0 Å². The van der Waals surface area contributed by atoms with E-state index >= 15 is 0 Å². The molecule has 1 atom stereocenters. The minimum Gasteiger partial charge on any atom is -0.481 e. The molecule has 0 aromatic heterocycles. The standard InChI is InChI=1S/C17H17NO3/c19-16(20)10-15(18-14-7-8-14)17(21)13-6-5-11-3-1-2-4-12(11)9-13/h1-6,9,14-15,18H,7-8,10H2,(H,19,20). The molecule has 4 nitrogen and oxygen atoms in total. The van der Waals surface area contributed by atoms with Gasteiger partial charge in [-0.1, -0.05) is 36.4 Å². The van der Waals surface area contributed by atoms with Gasteiger partial charge < -0.3 is 10.4 Å². The molecule has 0 heterocycles. The highest BCUT2D eigenvalue weighted by Gasteiger charge is 2.30. The van der Waals surface area contributed by atoms with Crippen molar-refractivity contribution in [2.75, 3.05) is 0 Å². The summed E-state index contributed by atoms with van der Waals surface area (Å²) in [6, 6.07) is 13.0. The fraction of sp³-hybridized carbons (Fsp3) is 0.294. The minimum absolute atomic E-state index is 0.143. The number of carboxylic acids is 1. The van der Waals surface area contributed by atoms with Crippen LogP contribution in [0.2, 0.25) is 0 Å². The smallest absolute Gasteiger partial charge is 0.305 e. The molecule has 0 saturated heterocycles. The largest absolute Gasteiger partial charge is 0.481 e. The lowest BCUT2D eigenvalue weighted by Gasteiger charge is -2.15. The highest BCUT2D eigenvalue weighted by atomic mass is 16.4. The molecule has 4 heteroatoms. The molecule has 0 amide bonds. The molecule has 1 fully saturated rings. The molecule has 3 rings (SSSR count). The molecule has 1 aliphatic rings. The van der Waals surface area contributed by atoms with Crippen molar-refractivity contribution < 1.29 is 14.7 Å². The lowest BCUT2D eigenvalue weighted by Crippen LogP contribution is -2.40. The van der Waals surface area contributed by atoms with E-state index in [1.807, 2.05) is 36.4 Å². The lowest BCUT2D eigenvalue weighted by molar-refractivity contribution is -0.137. The first-order chi connectivity index (χ1) is 10.1. The Balaban J connectivity index is 1.86. The third kappa shape index (κ3) is 3.28. The number of ketones is 1. The van der Waals surface area contributed by atoms with Crippen LogP contribution < -0.4 is 5.32 Å². The zero-order valence-electron chi connectivity index (χ0n) is 11.6. The minimum atomic E-state index is -0.956. The van der Waals surface area contributed by atoms with Crippen LogP contribution in [-0.2, 0) is 4.79 Å². The van der Waals surface area contributed by atoms with Crippen LogP contribution in [0, 0.1) is 0 Å². The van der Waals surface area contributed by atoms with Gasteiger partial charge in [-0.3, -0.25) is 9.59 Å². The summed E-state index contributed by atoms with van der Waals surface area (Å²) < 4.78 is 0. The Hall–Kier alpha value is -2.20. The van der Waals surface area contributed by atoms with E-state index < -0.39 is 12.0 Å². The summed E-state index contributed by atoms with van der Waals surface area (Å²) in [5.74, 6) is -1.10. The van der Waals surface area contributed by atoms with Gasteiger partial charge in [-0.2, -0.15) is 0 Å². The van der Waals surface area contributed by atoms with E-state index in [0.29, 0.717) is 11.6 Å². The Morgan fingerprint density at radius 3 is 2.52 bits per heavy atom. The number of fused-ring (bicyclic) bond motifs is 1. The fourth-order valence-electron chi connectivity index (χ4n) is 2.48. The Bertz CT molecular complexity index is 691. The second-order valence-corrected chi connectivity index (χ2v) is 5.52. The summed E-state index contributed by atoms with van der Waals surface area (Å²) in [7, 11) is 0. The van der Waals surface area contributed by atoms with E-state index in [1.165, 1.54) is 0 Å². The van der Waals surface area contributed by atoms with E-state index in [1.54, 1.807) is 6.07 Å². The maximum Gasteiger partial charge on any atom is 0.305 e. The summed E-state index contributed by atoms with van der Waals surface area (Å²) >= 11 is 0. The van der Waals surface area contributed by atoms with Gasteiger partial charge in [0.1, 0.15) is 0 Å². The van der Waals surface area contributed by atoms with Crippen LogP contribution in [-0.4, -0.2) is 28.9 Å². The van der Waals surface area contributed by atoms with Crippen molar-refractivity contribution in [2.45, 2.75) is 31.3 Å². The highest BCUT2D eigenvalue weighted by Crippen LogP contribution is 2.22. The van der Waals surface area contributed by atoms with Crippen molar-refractivity contribution in [2.24, 2.45) is 0 Å². The summed E-state index contributed by atoms with van der Waals surface area (Å²) in [6.45, 7) is 0. The molecule has 0 bridgehead atoms. The third-order valence-corrected chi connectivity index (χ3v) is 3.74. The molecular formula is C17H17NO3. The summed E-state index contributed by atoms with van der Waals surface area (Å²) in [6.07, 6.45) is 1.85. The number of aliphatic carboxylic acids is 1. The number of carbonyl (C=O) groups is 2. The van der Waals surface area contributed by atoms with Crippen LogP contribution in [0.15, 0.2) is 42.5 Å². The summed E-state index contributed by atoms with van der Waals surface area (Å²) in [5, 5.41) is 14.2. The van der Waals surface area contributed by atoms with Crippen LogP contribution in [0.1, 0.15) is 29.6 Å². The molecule has 0 radical (unpaired) electrons. The molecule has 0 spiro atoms. The predicted molar refractivity (Wildman–Crippen MR) is 80.5 cm³/mol. The molecule has 2 aromatic rings. The molecule has 2 aromatic carbocycles. The second kappa shape index (κ2) is 5.66. The van der Waals surface area contributed by atoms with Crippen molar-refractivity contribution in [3.63, 3.8) is 0 Å². The molecule has 1 aliphatic carbocycles. The number of benzene rings is 2. The summed E-state index contributed by atoms with van der Waals surface area (Å²) in [4.78, 5) is 23.5. The quantitative estimate of drug-likeness (QED) is 0.800. The molecule has 1 saturated carbocycles. The summed E-state index contributed by atoms with van der Waals surface area (Å²) in [5.41, 5.74) is 0.563. The monoisotopic (exact) mass is 283 g/mol. The van der Waals surface area contributed by atoms with Crippen LogP contribution in [0.4, 0.5) is 0 Å². The van der Waals surface area contributed by atoms with E-state index in [0.717, 1.165) is 23.6 Å². The predicted octanol–water partition coefficient (Wildman–Crippen LogP) is 2.62. The number of nitrogens with one attached hydrogen (secondary N) is 1. The van der Waals surface area contributed by atoms with Crippen LogP contribution >= 0.6 is 0 Å². The first-order valence-electron chi connectivity index (χ1n) is 7.14. The van der Waals surface area contributed by atoms with Crippen molar-refractivity contribution in [3.8, 4) is 0 Å². The number of carboxylic acid groups (broad SMARTS) is 1. The number of carbonyl (C=O) groups excluding carboxylic acids is 1. The number of Topliss-reactive ketones (excluding diaryl/α,β-unsaturated/α-hetero) is 1. The Morgan fingerprint density at radius 1 is 1.14 bits per heavy atom. The van der Waals surface area contributed by atoms with Gasteiger partial charge >= 0.3 is 5.97 Å². The van der Waals surface area contributed by atoms with Crippen molar-refractivity contribution >= 4 is 22.5 Å². The van der Waals surface area contributed by atoms with Crippen LogP contribution in [0.3, 0.4) is 0 Å². The van der Waals surface area contributed by atoms with Gasteiger partial charge in [0.25, 0.3) is 0 Å². The highest BCUT2D eigenvalue weighted by molar-refractivity contribution is 6.04. The van der Waals surface area contributed by atoms with Crippen molar-refractivity contribution in [1.82, 2.24) is 5.32 Å². The first kappa shape index (κ1) is 13.8. The molecular weight excluding hydrogens is 266 g/mol. The zero-order chi connectivity index (χ0) is 14.8. The molecule has 2 N–H and O–H groups in total. The zero-order valence-corrected chi connectivity index (χ0v) is 11.6. The van der Waals surface area contributed by atoms with E-state index in [9.17, 15) is 9.59 Å². The van der Waals surface area contributed by atoms with Gasteiger partial charge in [0.2, 0.25) is 0 Å². The Morgan fingerprint density at radius 2 is 1.86 bits per heavy atom. The SMILES string of the molecule is O=C(O)CC(NC1CC1)C(=O)c1ccc2ccccc2c1. The topological polar surface area (TPSA) is 66.4 Å². The second-order valence-electron chi connectivity index (χ2n) is 5.52.